The average molecular weight is 1240 g/mol. The number of carbonyl (C=O) groups is 11. The first-order valence-electron chi connectivity index (χ1n) is 28.8. The van der Waals surface area contributed by atoms with Crippen molar-refractivity contribution in [2.75, 3.05) is 73.1 Å². The molecule has 482 valence electrons. The van der Waals surface area contributed by atoms with Gasteiger partial charge in [-0.05, 0) is 32.3 Å². The number of nitrogens with one attached hydrogen (secondary N) is 4. The summed E-state index contributed by atoms with van der Waals surface area (Å²) in [4.78, 5) is 145. The minimum atomic E-state index is -2.47. The summed E-state index contributed by atoms with van der Waals surface area (Å²) >= 11 is 0. The van der Waals surface area contributed by atoms with E-state index in [4.69, 9.17) is 38.9 Å². The SMILES string of the molecule is COc1cccc2c1C(=O)c1c(O)c3c(c(O)c1C2=O)C[C@@](O)(C(=O)CO)C[C@@H]3O[C@H]1C[C@H](NC(=O)C(CC(C)C)NC(=O)[C@@H](CC(N)=O)NC(=O)[C@@H](C)NC(=O)[C@@H](C)CC(=O)CCOCCOCCOCCOCCN2C(=O)C=CC2=O)[C@H](O)[C@H](C)O1. The number of ether oxygens (including phenoxy) is 7. The van der Waals surface area contributed by atoms with Gasteiger partial charge in [-0.2, -0.15) is 0 Å². The van der Waals surface area contributed by atoms with Crippen LogP contribution < -0.4 is 31.7 Å². The maximum absolute atomic E-state index is 14.2. The van der Waals surface area contributed by atoms with E-state index < -0.39 is 156 Å². The third-order valence-corrected chi connectivity index (χ3v) is 15.2. The van der Waals surface area contributed by atoms with Gasteiger partial charge in [0, 0.05) is 66.9 Å². The summed E-state index contributed by atoms with van der Waals surface area (Å²) in [6, 6.07) is -1.41. The Kier molecular flexibility index (Phi) is 24.9. The van der Waals surface area contributed by atoms with Crippen molar-refractivity contribution in [2.45, 2.75) is 134 Å². The number of imide groups is 1. The van der Waals surface area contributed by atoms with Crippen LogP contribution in [0.4, 0.5) is 0 Å². The van der Waals surface area contributed by atoms with Gasteiger partial charge in [-0.1, -0.05) is 32.9 Å². The van der Waals surface area contributed by atoms with Crippen LogP contribution in [0.2, 0.25) is 0 Å². The Bertz CT molecular complexity index is 2990. The monoisotopic (exact) mass is 1240 g/mol. The largest absolute Gasteiger partial charge is 0.507 e. The second-order valence-electron chi connectivity index (χ2n) is 22.3. The third-order valence-electron chi connectivity index (χ3n) is 15.2. The number of Topliss-reactive ketones (excluding diaryl/α,β-unsaturated/α-hetero) is 2. The van der Waals surface area contributed by atoms with Crippen molar-refractivity contribution in [2.24, 2.45) is 17.6 Å². The van der Waals surface area contributed by atoms with E-state index in [0.29, 0.717) is 0 Å². The van der Waals surface area contributed by atoms with Crippen LogP contribution in [0, 0.1) is 11.8 Å². The van der Waals surface area contributed by atoms with E-state index in [1.807, 2.05) is 0 Å². The number of phenolic OH excluding ortho intramolecular Hbond substituents is 2. The summed E-state index contributed by atoms with van der Waals surface area (Å²) in [7, 11) is 1.27. The van der Waals surface area contributed by atoms with Crippen LogP contribution >= 0.6 is 0 Å². The Morgan fingerprint density at radius 2 is 1.36 bits per heavy atom. The molecule has 2 aromatic rings. The number of phenols is 2. The van der Waals surface area contributed by atoms with E-state index in [9.17, 15) is 78.3 Å². The highest BCUT2D eigenvalue weighted by molar-refractivity contribution is 6.31. The molecule has 2 aliphatic carbocycles. The highest BCUT2D eigenvalue weighted by Crippen LogP contribution is 2.52. The molecule has 29 heteroatoms. The van der Waals surface area contributed by atoms with E-state index in [0.717, 1.165) is 4.90 Å². The van der Waals surface area contributed by atoms with Gasteiger partial charge in [0.15, 0.2) is 17.9 Å². The van der Waals surface area contributed by atoms with E-state index in [-0.39, 0.29) is 137 Å². The van der Waals surface area contributed by atoms with Crippen molar-refractivity contribution in [3.8, 4) is 17.2 Å². The lowest BCUT2D eigenvalue weighted by molar-refractivity contribution is -0.249. The Hall–Kier alpha value is -7.61. The quantitative estimate of drug-likeness (QED) is 0.0185. The molecule has 1 unspecified atom stereocenters. The minimum Gasteiger partial charge on any atom is -0.507 e. The molecule has 0 spiro atoms. The number of primary amides is 1. The average Bonchev–Trinajstić information content (AvgIpc) is 0.961. The van der Waals surface area contributed by atoms with Crippen molar-refractivity contribution in [3.63, 3.8) is 0 Å². The zero-order valence-electron chi connectivity index (χ0n) is 49.8. The number of amides is 7. The number of carbonyl (C=O) groups excluding carboxylic acids is 11. The fourth-order valence-electron chi connectivity index (χ4n) is 10.5. The number of nitrogens with two attached hydrogens (primary N) is 1. The van der Waals surface area contributed by atoms with E-state index in [2.05, 4.69) is 21.3 Å². The Balaban J connectivity index is 0.998. The fourth-order valence-corrected chi connectivity index (χ4v) is 10.5. The second-order valence-corrected chi connectivity index (χ2v) is 22.3. The first-order valence-corrected chi connectivity index (χ1v) is 28.8. The van der Waals surface area contributed by atoms with Crippen molar-refractivity contribution < 1.29 is 111 Å². The summed E-state index contributed by atoms with van der Waals surface area (Å²) in [5.74, 6) is -11.3. The van der Waals surface area contributed by atoms with Crippen LogP contribution in [0.25, 0.3) is 0 Å². The van der Waals surface area contributed by atoms with Crippen molar-refractivity contribution in [1.82, 2.24) is 26.2 Å². The van der Waals surface area contributed by atoms with Crippen LogP contribution in [-0.4, -0.2) is 216 Å². The summed E-state index contributed by atoms with van der Waals surface area (Å²) in [5.41, 5.74) is 0.785. The first-order chi connectivity index (χ1) is 41.7. The van der Waals surface area contributed by atoms with Crippen LogP contribution in [-0.2, 0) is 78.0 Å². The molecule has 0 bridgehead atoms. The van der Waals surface area contributed by atoms with Gasteiger partial charge in [0.05, 0.1) is 108 Å². The van der Waals surface area contributed by atoms with Gasteiger partial charge >= 0.3 is 0 Å². The predicted molar refractivity (Wildman–Crippen MR) is 303 cm³/mol. The van der Waals surface area contributed by atoms with Gasteiger partial charge in [-0.3, -0.25) is 57.6 Å². The lowest BCUT2D eigenvalue weighted by Gasteiger charge is -2.43. The Morgan fingerprint density at radius 3 is 1.97 bits per heavy atom. The molecular weight excluding hydrogens is 1160 g/mol. The maximum atomic E-state index is 14.2. The number of aliphatic hydroxyl groups is 3. The predicted octanol–water partition coefficient (Wildman–Crippen LogP) is -1.47. The van der Waals surface area contributed by atoms with Crippen LogP contribution in [0.1, 0.15) is 122 Å². The van der Waals surface area contributed by atoms with Crippen LogP contribution in [0.5, 0.6) is 17.2 Å². The summed E-state index contributed by atoms with van der Waals surface area (Å²) in [6.45, 7) is 8.37. The van der Waals surface area contributed by atoms with Crippen LogP contribution in [0.3, 0.4) is 0 Å². The van der Waals surface area contributed by atoms with E-state index in [1.54, 1.807) is 13.8 Å². The zero-order chi connectivity index (χ0) is 64.7. The topological polar surface area (TPSA) is 431 Å². The number of ketones is 4. The molecule has 1 saturated heterocycles. The van der Waals surface area contributed by atoms with Crippen molar-refractivity contribution in [1.29, 1.82) is 0 Å². The molecule has 10 atom stereocenters. The second kappa shape index (κ2) is 31.5. The number of aromatic hydroxyl groups is 2. The summed E-state index contributed by atoms with van der Waals surface area (Å²) in [6.07, 6.45) is -6.05. The molecule has 2 aromatic carbocycles. The van der Waals surface area contributed by atoms with E-state index in [1.165, 1.54) is 58.2 Å². The number of rotatable bonds is 34. The Morgan fingerprint density at radius 1 is 0.761 bits per heavy atom. The van der Waals surface area contributed by atoms with Gasteiger partial charge in [-0.15, -0.1) is 0 Å². The number of methoxy groups -OCH3 is 1. The highest BCUT2D eigenvalue weighted by Gasteiger charge is 2.51. The maximum Gasteiger partial charge on any atom is 0.253 e. The number of fused-ring (bicyclic) bond motifs is 3. The normalized spacial score (nSPS) is 21.8. The first kappa shape index (κ1) is 69.5. The van der Waals surface area contributed by atoms with Gasteiger partial charge in [-0.25, -0.2) is 0 Å². The van der Waals surface area contributed by atoms with Gasteiger partial charge in [0.2, 0.25) is 35.3 Å². The van der Waals surface area contributed by atoms with Gasteiger partial charge < -0.3 is 85.7 Å². The minimum absolute atomic E-state index is 0.00439. The molecule has 1 fully saturated rings. The van der Waals surface area contributed by atoms with Crippen LogP contribution in [0.15, 0.2) is 30.4 Å². The molecule has 29 nitrogen and oxygen atoms in total. The zero-order valence-corrected chi connectivity index (χ0v) is 49.8. The number of hydrogen-bond donors (Lipinski definition) is 10. The summed E-state index contributed by atoms with van der Waals surface area (Å²) in [5, 5.41) is 66.9. The summed E-state index contributed by atoms with van der Waals surface area (Å²) < 4.78 is 39.3. The number of nitrogens with zero attached hydrogens (tertiary/aromatic N) is 1. The molecular formula is C59H78N6O23. The van der Waals surface area contributed by atoms with Gasteiger partial charge in [0.1, 0.15) is 59.5 Å². The smallest absolute Gasteiger partial charge is 0.253 e. The molecule has 0 radical (unpaired) electrons. The molecule has 2 aliphatic heterocycles. The standard InChI is InChI=1S/C59H78N6O23/c1-29(2)22-37(64-58(80)38(24-42(60)69)63-56(78)31(4)61-55(77)30(3)23-33(67)12-14-83-16-18-85-20-21-86-19-17-84-15-13-65-43(70)10-11-44(65)71)57(79)62-36-25-45(87-32(5)50(36)72)88-40-27-59(81,41(68)28-66)26-35-47(40)54(76)49-48(52(35)74)51(73)34-8-7-9-39(82-6)46(34)53(49)75/h7-11,29-32,36-38,40,45,50,66,72,74,76,81H,12-28H2,1-6H3,(H2,60,69)(H,61,77)(H,62,79)(H,63,78)(H,64,80)/t30-,31+,32-,36-,37?,38+,40-,45-,50+,59-/m0/s1. The fraction of sp³-hybridized carbons (Fsp3) is 0.576. The van der Waals surface area contributed by atoms with E-state index >= 15 is 0 Å². The number of benzene rings is 2. The Labute approximate surface area is 506 Å². The third kappa shape index (κ3) is 17.4. The lowest BCUT2D eigenvalue weighted by atomic mass is 9.72. The molecule has 6 rings (SSSR count). The number of aliphatic hydroxyl groups excluding tert-OH is 2. The molecule has 11 N–H and O–H groups in total. The highest BCUT2D eigenvalue weighted by atomic mass is 16.7. The molecule has 88 heavy (non-hydrogen) atoms. The lowest BCUT2D eigenvalue weighted by Crippen LogP contribution is -2.60. The molecule has 7 amide bonds. The van der Waals surface area contributed by atoms with Crippen molar-refractivity contribution >= 4 is 64.5 Å². The van der Waals surface area contributed by atoms with Gasteiger partial charge in [0.25, 0.3) is 11.8 Å². The van der Waals surface area contributed by atoms with Crippen molar-refractivity contribution in [3.05, 3.63) is 63.7 Å². The molecule has 4 aliphatic rings. The molecule has 2 heterocycles. The molecule has 0 saturated carbocycles. The molecule has 0 aromatic heterocycles. The number of hydrogen-bond acceptors (Lipinski definition) is 23.